The standard InChI is InChI=1S/C19H26N4O/c1-22(2)18(24)21-17-11-19(12-17)6-8-23(9-7-19)14-16-5-3-4-15(10-16)13-20/h3-5,10,17H,6-9,11-12,14H2,1-2H3,(H,21,24). The predicted octanol–water partition coefficient (Wildman–Crippen LogP) is 2.57. The van der Waals surface area contributed by atoms with Crippen molar-refractivity contribution in [3.8, 4) is 6.07 Å². The largest absolute Gasteiger partial charge is 0.335 e. The number of likely N-dealkylation sites (tertiary alicyclic amines) is 1. The Labute approximate surface area is 144 Å². The van der Waals surface area contributed by atoms with E-state index in [0.717, 1.165) is 38.0 Å². The summed E-state index contributed by atoms with van der Waals surface area (Å²) in [5, 5.41) is 12.1. The van der Waals surface area contributed by atoms with Gasteiger partial charge in [-0.1, -0.05) is 12.1 Å². The highest BCUT2D eigenvalue weighted by atomic mass is 16.2. The normalized spacial score (nSPS) is 20.2. The molecule has 1 aromatic carbocycles. The number of urea groups is 1. The van der Waals surface area contributed by atoms with Crippen LogP contribution in [0.1, 0.15) is 36.8 Å². The van der Waals surface area contributed by atoms with Crippen LogP contribution in [0.25, 0.3) is 0 Å². The second-order valence-corrected chi connectivity index (χ2v) is 7.54. The monoisotopic (exact) mass is 326 g/mol. The lowest BCUT2D eigenvalue weighted by molar-refractivity contribution is 0.00636. The average molecular weight is 326 g/mol. The number of piperidine rings is 1. The van der Waals surface area contributed by atoms with Crippen molar-refractivity contribution in [1.82, 2.24) is 15.1 Å². The number of hydrogen-bond donors (Lipinski definition) is 1. The van der Waals surface area contributed by atoms with Crippen LogP contribution >= 0.6 is 0 Å². The highest BCUT2D eigenvalue weighted by Crippen LogP contribution is 2.49. The molecule has 2 fully saturated rings. The van der Waals surface area contributed by atoms with E-state index < -0.39 is 0 Å². The van der Waals surface area contributed by atoms with E-state index in [-0.39, 0.29) is 6.03 Å². The third-order valence-corrected chi connectivity index (χ3v) is 5.47. The fourth-order valence-electron chi connectivity index (χ4n) is 3.98. The molecule has 1 heterocycles. The first-order chi connectivity index (χ1) is 11.5. The average Bonchev–Trinajstić information content (AvgIpc) is 2.55. The Morgan fingerprint density at radius 1 is 1.38 bits per heavy atom. The van der Waals surface area contributed by atoms with Gasteiger partial charge in [-0.15, -0.1) is 0 Å². The molecule has 1 aliphatic carbocycles. The Hall–Kier alpha value is -2.06. The molecule has 1 saturated heterocycles. The van der Waals surface area contributed by atoms with Crippen LogP contribution in [-0.4, -0.2) is 49.1 Å². The SMILES string of the molecule is CN(C)C(=O)NC1CC2(CCN(Cc3cccc(C#N)c3)CC2)C1. The summed E-state index contributed by atoms with van der Waals surface area (Å²) >= 11 is 0. The van der Waals surface area contributed by atoms with Crippen molar-refractivity contribution in [3.05, 3.63) is 35.4 Å². The molecule has 1 N–H and O–H groups in total. The third kappa shape index (κ3) is 3.70. The fourth-order valence-corrected chi connectivity index (χ4v) is 3.98. The van der Waals surface area contributed by atoms with E-state index in [1.54, 1.807) is 19.0 Å². The Balaban J connectivity index is 1.45. The molecule has 0 bridgehead atoms. The maximum absolute atomic E-state index is 11.7. The molecular formula is C19H26N4O. The molecule has 1 aliphatic heterocycles. The molecule has 2 aliphatic rings. The summed E-state index contributed by atoms with van der Waals surface area (Å²) in [4.78, 5) is 15.8. The molecular weight excluding hydrogens is 300 g/mol. The summed E-state index contributed by atoms with van der Waals surface area (Å²) in [7, 11) is 3.56. The number of amides is 2. The smallest absolute Gasteiger partial charge is 0.317 e. The highest BCUT2D eigenvalue weighted by Gasteiger charge is 2.46. The van der Waals surface area contributed by atoms with E-state index in [1.165, 1.54) is 18.4 Å². The summed E-state index contributed by atoms with van der Waals surface area (Å²) in [6.07, 6.45) is 4.65. The van der Waals surface area contributed by atoms with Crippen molar-refractivity contribution >= 4 is 6.03 Å². The van der Waals surface area contributed by atoms with Crippen LogP contribution in [0.2, 0.25) is 0 Å². The van der Waals surface area contributed by atoms with Crippen LogP contribution in [0, 0.1) is 16.7 Å². The van der Waals surface area contributed by atoms with Gasteiger partial charge in [0, 0.05) is 26.7 Å². The molecule has 0 atom stereocenters. The number of nitrogens with zero attached hydrogens (tertiary/aromatic N) is 3. The minimum absolute atomic E-state index is 0.0182. The van der Waals surface area contributed by atoms with Gasteiger partial charge in [-0.25, -0.2) is 4.79 Å². The number of benzene rings is 1. The summed E-state index contributed by atoms with van der Waals surface area (Å²) in [6, 6.07) is 10.5. The second kappa shape index (κ2) is 6.82. The van der Waals surface area contributed by atoms with Gasteiger partial charge in [0.05, 0.1) is 11.6 Å². The topological polar surface area (TPSA) is 59.4 Å². The summed E-state index contributed by atoms with van der Waals surface area (Å²) in [6.45, 7) is 3.13. The molecule has 1 saturated carbocycles. The van der Waals surface area contributed by atoms with Gasteiger partial charge in [-0.3, -0.25) is 4.90 Å². The lowest BCUT2D eigenvalue weighted by atomic mass is 9.60. The van der Waals surface area contributed by atoms with Crippen molar-refractivity contribution in [3.63, 3.8) is 0 Å². The predicted molar refractivity (Wildman–Crippen MR) is 93.3 cm³/mol. The summed E-state index contributed by atoms with van der Waals surface area (Å²) < 4.78 is 0. The molecule has 1 aromatic rings. The zero-order valence-electron chi connectivity index (χ0n) is 14.6. The Morgan fingerprint density at radius 3 is 2.71 bits per heavy atom. The maximum Gasteiger partial charge on any atom is 0.317 e. The number of carbonyl (C=O) groups excluding carboxylic acids is 1. The van der Waals surface area contributed by atoms with Crippen molar-refractivity contribution in [1.29, 1.82) is 5.26 Å². The molecule has 5 nitrogen and oxygen atoms in total. The van der Waals surface area contributed by atoms with Crippen molar-refractivity contribution < 1.29 is 4.79 Å². The van der Waals surface area contributed by atoms with Crippen molar-refractivity contribution in [2.75, 3.05) is 27.2 Å². The van der Waals surface area contributed by atoms with Crippen LogP contribution in [-0.2, 0) is 6.54 Å². The van der Waals surface area contributed by atoms with Crippen molar-refractivity contribution in [2.24, 2.45) is 5.41 Å². The Morgan fingerprint density at radius 2 is 2.08 bits per heavy atom. The number of nitrogens with one attached hydrogen (secondary N) is 1. The van der Waals surface area contributed by atoms with Crippen LogP contribution in [0.4, 0.5) is 4.79 Å². The van der Waals surface area contributed by atoms with Gasteiger partial charge in [0.2, 0.25) is 0 Å². The Kier molecular flexibility index (Phi) is 4.77. The molecule has 0 unspecified atom stereocenters. The van der Waals surface area contributed by atoms with Gasteiger partial charge in [0.15, 0.2) is 0 Å². The lowest BCUT2D eigenvalue weighted by Crippen LogP contribution is -2.56. The Bertz CT molecular complexity index is 633. The second-order valence-electron chi connectivity index (χ2n) is 7.54. The molecule has 24 heavy (non-hydrogen) atoms. The van der Waals surface area contributed by atoms with E-state index in [2.05, 4.69) is 22.4 Å². The fraction of sp³-hybridized carbons (Fsp3) is 0.579. The van der Waals surface area contributed by atoms with E-state index in [1.807, 2.05) is 18.2 Å². The number of rotatable bonds is 3. The van der Waals surface area contributed by atoms with Crippen LogP contribution in [0.15, 0.2) is 24.3 Å². The van der Waals surface area contributed by atoms with Crippen molar-refractivity contribution in [2.45, 2.75) is 38.3 Å². The molecule has 0 aromatic heterocycles. The minimum atomic E-state index is 0.0182. The molecule has 1 spiro atoms. The summed E-state index contributed by atoms with van der Waals surface area (Å²) in [5.41, 5.74) is 2.39. The molecule has 0 radical (unpaired) electrons. The first-order valence-electron chi connectivity index (χ1n) is 8.69. The van der Waals surface area contributed by atoms with Gasteiger partial charge in [0.1, 0.15) is 0 Å². The quantitative estimate of drug-likeness (QED) is 0.929. The van der Waals surface area contributed by atoms with Crippen LogP contribution < -0.4 is 5.32 Å². The third-order valence-electron chi connectivity index (χ3n) is 5.47. The lowest BCUT2D eigenvalue weighted by Gasteiger charge is -2.52. The minimum Gasteiger partial charge on any atom is -0.335 e. The molecule has 2 amide bonds. The van der Waals surface area contributed by atoms with E-state index >= 15 is 0 Å². The van der Waals surface area contributed by atoms with Crippen LogP contribution in [0.3, 0.4) is 0 Å². The van der Waals surface area contributed by atoms with Gasteiger partial charge in [-0.05, 0) is 61.9 Å². The number of hydrogen-bond acceptors (Lipinski definition) is 3. The highest BCUT2D eigenvalue weighted by molar-refractivity contribution is 5.74. The van der Waals surface area contributed by atoms with Gasteiger partial charge in [-0.2, -0.15) is 5.26 Å². The summed E-state index contributed by atoms with van der Waals surface area (Å²) in [5.74, 6) is 0. The first-order valence-corrected chi connectivity index (χ1v) is 8.69. The molecule has 3 rings (SSSR count). The number of nitriles is 1. The molecule has 5 heteroatoms. The van der Waals surface area contributed by atoms with Gasteiger partial charge >= 0.3 is 6.03 Å². The molecule has 128 valence electrons. The van der Waals surface area contributed by atoms with Gasteiger partial charge in [0.25, 0.3) is 0 Å². The van der Waals surface area contributed by atoms with E-state index in [9.17, 15) is 4.79 Å². The number of carbonyl (C=O) groups is 1. The maximum atomic E-state index is 11.7. The zero-order chi connectivity index (χ0) is 17.2. The zero-order valence-corrected chi connectivity index (χ0v) is 14.6. The van der Waals surface area contributed by atoms with E-state index in [4.69, 9.17) is 5.26 Å². The van der Waals surface area contributed by atoms with Crippen LogP contribution in [0.5, 0.6) is 0 Å². The van der Waals surface area contributed by atoms with E-state index in [0.29, 0.717) is 11.5 Å². The first kappa shape index (κ1) is 16.8. The van der Waals surface area contributed by atoms with Gasteiger partial charge < -0.3 is 10.2 Å².